The number of rotatable bonds is 15. The maximum absolute atomic E-state index is 10.5. The fourth-order valence-electron chi connectivity index (χ4n) is 4.07. The number of likely N-dealkylation sites (N-methyl/N-ethyl adjacent to an activating group) is 1. The standard InChI is InChI=1S/C20H42N2O3/c1-9-16(4)19(22(5)6)18(24-7)13-17(11-10-12-21-14-23)20(25-8)15(2)3/h14-20H,9-13H2,1-8H3,(H,21,23). The quantitative estimate of drug-likeness (QED) is 0.361. The van der Waals surface area contributed by atoms with Crippen LogP contribution in [0.1, 0.15) is 53.4 Å². The van der Waals surface area contributed by atoms with E-state index in [1.165, 1.54) is 0 Å². The largest absolute Gasteiger partial charge is 0.381 e. The first-order valence-corrected chi connectivity index (χ1v) is 9.72. The summed E-state index contributed by atoms with van der Waals surface area (Å²) in [6, 6.07) is 0.385. The summed E-state index contributed by atoms with van der Waals surface area (Å²) in [6.07, 6.45) is 5.24. The van der Waals surface area contributed by atoms with E-state index in [2.05, 4.69) is 52.0 Å². The van der Waals surface area contributed by atoms with E-state index in [0.717, 1.165) is 32.1 Å². The Kier molecular flexibility index (Phi) is 13.2. The Bertz CT molecular complexity index is 337. The minimum absolute atomic E-state index is 0.172. The molecule has 0 aliphatic rings. The SMILES string of the molecule is CCC(C)C(C(CC(CCCNC=O)C(OC)C(C)C)OC)N(C)C. The van der Waals surface area contributed by atoms with E-state index < -0.39 is 0 Å². The smallest absolute Gasteiger partial charge is 0.207 e. The van der Waals surface area contributed by atoms with Crippen molar-refractivity contribution < 1.29 is 14.3 Å². The molecule has 5 heteroatoms. The van der Waals surface area contributed by atoms with Crippen LogP contribution in [0.3, 0.4) is 0 Å². The number of hydrogen-bond donors (Lipinski definition) is 1. The molecule has 5 unspecified atom stereocenters. The highest BCUT2D eigenvalue weighted by Crippen LogP contribution is 2.30. The zero-order chi connectivity index (χ0) is 19.4. The van der Waals surface area contributed by atoms with Crippen molar-refractivity contribution >= 4 is 6.41 Å². The van der Waals surface area contributed by atoms with Crippen LogP contribution < -0.4 is 5.32 Å². The number of methoxy groups -OCH3 is 2. The van der Waals surface area contributed by atoms with Crippen LogP contribution in [0, 0.1) is 17.8 Å². The molecule has 0 aliphatic carbocycles. The van der Waals surface area contributed by atoms with Crippen LogP contribution in [-0.4, -0.2) is 64.4 Å². The fraction of sp³-hybridized carbons (Fsp3) is 0.950. The van der Waals surface area contributed by atoms with Gasteiger partial charge in [0.1, 0.15) is 0 Å². The highest BCUT2D eigenvalue weighted by molar-refractivity contribution is 5.45. The Hall–Kier alpha value is -0.650. The van der Waals surface area contributed by atoms with Gasteiger partial charge in [-0.15, -0.1) is 0 Å². The van der Waals surface area contributed by atoms with Crippen LogP contribution in [0.15, 0.2) is 0 Å². The van der Waals surface area contributed by atoms with Crippen molar-refractivity contribution in [1.29, 1.82) is 0 Å². The van der Waals surface area contributed by atoms with Gasteiger partial charge in [-0.1, -0.05) is 34.1 Å². The maximum Gasteiger partial charge on any atom is 0.207 e. The molecular weight excluding hydrogens is 316 g/mol. The summed E-state index contributed by atoms with van der Waals surface area (Å²) in [5, 5.41) is 2.76. The normalized spacial score (nSPS) is 18.0. The lowest BCUT2D eigenvalue weighted by Gasteiger charge is -2.39. The number of nitrogens with zero attached hydrogens (tertiary/aromatic N) is 1. The van der Waals surface area contributed by atoms with Crippen LogP contribution in [0.4, 0.5) is 0 Å². The van der Waals surface area contributed by atoms with Crippen molar-refractivity contribution in [2.75, 3.05) is 34.9 Å². The lowest BCUT2D eigenvalue weighted by atomic mass is 9.81. The number of carbonyl (C=O) groups excluding carboxylic acids is 1. The Morgan fingerprint density at radius 2 is 1.76 bits per heavy atom. The third-order valence-corrected chi connectivity index (χ3v) is 5.42. The van der Waals surface area contributed by atoms with Gasteiger partial charge >= 0.3 is 0 Å². The highest BCUT2D eigenvalue weighted by atomic mass is 16.5. The predicted octanol–water partition coefficient (Wildman–Crippen LogP) is 3.18. The van der Waals surface area contributed by atoms with E-state index in [4.69, 9.17) is 9.47 Å². The van der Waals surface area contributed by atoms with E-state index in [0.29, 0.717) is 30.3 Å². The van der Waals surface area contributed by atoms with Crippen molar-refractivity contribution in [3.05, 3.63) is 0 Å². The van der Waals surface area contributed by atoms with Gasteiger partial charge in [-0.25, -0.2) is 0 Å². The van der Waals surface area contributed by atoms with Crippen LogP contribution in [-0.2, 0) is 14.3 Å². The Balaban J connectivity index is 5.21. The minimum atomic E-state index is 0.172. The molecule has 25 heavy (non-hydrogen) atoms. The van der Waals surface area contributed by atoms with Gasteiger partial charge in [-0.2, -0.15) is 0 Å². The highest BCUT2D eigenvalue weighted by Gasteiger charge is 2.33. The molecule has 0 fully saturated rings. The van der Waals surface area contributed by atoms with Crippen molar-refractivity contribution in [1.82, 2.24) is 10.2 Å². The Labute approximate surface area is 155 Å². The lowest BCUT2D eigenvalue weighted by molar-refractivity contribution is -0.109. The summed E-state index contributed by atoms with van der Waals surface area (Å²) >= 11 is 0. The molecule has 0 rings (SSSR count). The molecule has 1 amide bonds. The third kappa shape index (κ3) is 8.52. The molecule has 0 aromatic rings. The molecule has 0 aromatic carbocycles. The van der Waals surface area contributed by atoms with Crippen molar-refractivity contribution in [3.63, 3.8) is 0 Å². The van der Waals surface area contributed by atoms with Gasteiger partial charge in [0.05, 0.1) is 12.2 Å². The molecule has 0 spiro atoms. The summed E-state index contributed by atoms with van der Waals surface area (Å²) in [5.41, 5.74) is 0. The van der Waals surface area contributed by atoms with Crippen LogP contribution in [0.2, 0.25) is 0 Å². The van der Waals surface area contributed by atoms with Gasteiger partial charge in [0.15, 0.2) is 0 Å². The second-order valence-corrected chi connectivity index (χ2v) is 7.77. The molecule has 0 bridgehead atoms. The number of carbonyl (C=O) groups is 1. The van der Waals surface area contributed by atoms with Gasteiger partial charge in [0.2, 0.25) is 6.41 Å². The zero-order valence-corrected chi connectivity index (χ0v) is 17.7. The molecule has 5 atom stereocenters. The van der Waals surface area contributed by atoms with Gasteiger partial charge < -0.3 is 19.7 Å². The molecule has 0 aliphatic heterocycles. The fourth-order valence-corrected chi connectivity index (χ4v) is 4.07. The first kappa shape index (κ1) is 24.4. The molecule has 5 nitrogen and oxygen atoms in total. The topological polar surface area (TPSA) is 50.8 Å². The molecule has 0 aromatic heterocycles. The van der Waals surface area contributed by atoms with E-state index in [9.17, 15) is 4.79 Å². The van der Waals surface area contributed by atoms with Crippen molar-refractivity contribution in [2.24, 2.45) is 17.8 Å². The minimum Gasteiger partial charge on any atom is -0.381 e. The van der Waals surface area contributed by atoms with Crippen LogP contribution >= 0.6 is 0 Å². The monoisotopic (exact) mass is 358 g/mol. The van der Waals surface area contributed by atoms with E-state index in [1.807, 2.05) is 7.11 Å². The van der Waals surface area contributed by atoms with Crippen LogP contribution in [0.25, 0.3) is 0 Å². The molecule has 1 N–H and O–H groups in total. The van der Waals surface area contributed by atoms with E-state index in [1.54, 1.807) is 7.11 Å². The summed E-state index contributed by atoms with van der Waals surface area (Å²) in [7, 11) is 7.91. The molecule has 0 radical (unpaired) electrons. The van der Waals surface area contributed by atoms with Gasteiger partial charge in [-0.05, 0) is 51.1 Å². The first-order valence-electron chi connectivity index (χ1n) is 9.72. The van der Waals surface area contributed by atoms with E-state index in [-0.39, 0.29) is 12.2 Å². The van der Waals surface area contributed by atoms with Crippen molar-refractivity contribution in [2.45, 2.75) is 71.6 Å². The summed E-state index contributed by atoms with van der Waals surface area (Å²) < 4.78 is 11.8. The Morgan fingerprint density at radius 3 is 2.16 bits per heavy atom. The third-order valence-electron chi connectivity index (χ3n) is 5.42. The maximum atomic E-state index is 10.5. The molecule has 0 heterocycles. The zero-order valence-electron chi connectivity index (χ0n) is 17.7. The molecular formula is C20H42N2O3. The van der Waals surface area contributed by atoms with Gasteiger partial charge in [0, 0.05) is 26.8 Å². The van der Waals surface area contributed by atoms with Crippen LogP contribution in [0.5, 0.6) is 0 Å². The molecule has 0 saturated heterocycles. The first-order chi connectivity index (χ1) is 11.8. The molecule has 0 saturated carbocycles. The Morgan fingerprint density at radius 1 is 1.12 bits per heavy atom. The van der Waals surface area contributed by atoms with E-state index >= 15 is 0 Å². The summed E-state index contributed by atoms with van der Waals surface area (Å²) in [4.78, 5) is 12.8. The summed E-state index contributed by atoms with van der Waals surface area (Å²) in [6.45, 7) is 9.68. The number of ether oxygens (including phenoxy) is 2. The average molecular weight is 359 g/mol. The number of nitrogens with one attached hydrogen (secondary N) is 1. The van der Waals surface area contributed by atoms with Gasteiger partial charge in [0.25, 0.3) is 0 Å². The number of hydrogen-bond acceptors (Lipinski definition) is 4. The van der Waals surface area contributed by atoms with Crippen molar-refractivity contribution in [3.8, 4) is 0 Å². The lowest BCUT2D eigenvalue weighted by Crippen LogP contribution is -2.46. The average Bonchev–Trinajstić information content (AvgIpc) is 2.57. The summed E-state index contributed by atoms with van der Waals surface area (Å²) in [5.74, 6) is 1.43. The second-order valence-electron chi connectivity index (χ2n) is 7.77. The molecule has 150 valence electrons. The predicted molar refractivity (Wildman–Crippen MR) is 105 cm³/mol. The number of amides is 1. The van der Waals surface area contributed by atoms with Gasteiger partial charge in [-0.3, -0.25) is 4.79 Å². The second kappa shape index (κ2) is 13.5.